The summed E-state index contributed by atoms with van der Waals surface area (Å²) in [5.41, 5.74) is 2.39. The zero-order valence-corrected chi connectivity index (χ0v) is 13.7. The van der Waals surface area contributed by atoms with Gasteiger partial charge in [-0.2, -0.15) is 0 Å². The van der Waals surface area contributed by atoms with Crippen molar-refractivity contribution in [1.82, 2.24) is 4.90 Å². The van der Waals surface area contributed by atoms with Crippen molar-refractivity contribution in [2.45, 2.75) is 12.8 Å². The van der Waals surface area contributed by atoms with E-state index in [0.29, 0.717) is 28.1 Å². The molecule has 0 saturated carbocycles. The van der Waals surface area contributed by atoms with Gasteiger partial charge in [0.1, 0.15) is 0 Å². The molecule has 1 fully saturated rings. The maximum atomic E-state index is 13.0. The summed E-state index contributed by atoms with van der Waals surface area (Å²) in [5, 5.41) is 11.6. The smallest absolute Gasteiger partial charge is 0.254 e. The molecular formula is C20H18N2O3. The molecule has 3 aliphatic rings. The number of hydroxylamine groups is 1. The Morgan fingerprint density at radius 3 is 2.52 bits per heavy atom. The van der Waals surface area contributed by atoms with Crippen molar-refractivity contribution < 1.29 is 14.8 Å². The van der Waals surface area contributed by atoms with Crippen molar-refractivity contribution in [3.05, 3.63) is 71.5 Å². The van der Waals surface area contributed by atoms with Crippen LogP contribution in [-0.2, 0) is 9.59 Å². The van der Waals surface area contributed by atoms with Crippen LogP contribution >= 0.6 is 0 Å². The molecule has 0 atom stereocenters. The van der Waals surface area contributed by atoms with Gasteiger partial charge >= 0.3 is 0 Å². The number of allylic oxidation sites excluding steroid dienone is 6. The van der Waals surface area contributed by atoms with E-state index >= 15 is 0 Å². The number of carbonyl (C=O) groups is 2. The summed E-state index contributed by atoms with van der Waals surface area (Å²) in [6.07, 6.45) is 10.1. The molecule has 25 heavy (non-hydrogen) atoms. The molecule has 0 bridgehead atoms. The molecule has 1 N–H and O–H groups in total. The third kappa shape index (κ3) is 2.62. The van der Waals surface area contributed by atoms with Crippen LogP contribution in [0.1, 0.15) is 18.4 Å². The summed E-state index contributed by atoms with van der Waals surface area (Å²) in [4.78, 5) is 27.1. The Hall–Kier alpha value is -2.92. The number of fused-ring (bicyclic) bond motifs is 1. The second-order valence-electron chi connectivity index (χ2n) is 6.27. The largest absolute Gasteiger partial charge is 0.339 e. The van der Waals surface area contributed by atoms with Crippen LogP contribution in [0, 0.1) is 0 Å². The summed E-state index contributed by atoms with van der Waals surface area (Å²) >= 11 is 0. The Kier molecular flexibility index (Phi) is 3.86. The monoisotopic (exact) mass is 334 g/mol. The molecule has 126 valence electrons. The summed E-state index contributed by atoms with van der Waals surface area (Å²) in [5.74, 6) is -0.251. The first-order valence-corrected chi connectivity index (χ1v) is 8.39. The van der Waals surface area contributed by atoms with E-state index in [0.717, 1.165) is 31.0 Å². The van der Waals surface area contributed by atoms with Gasteiger partial charge in [-0.25, -0.2) is 5.06 Å². The average molecular weight is 334 g/mol. The quantitative estimate of drug-likeness (QED) is 0.802. The van der Waals surface area contributed by atoms with Crippen molar-refractivity contribution >= 4 is 23.0 Å². The van der Waals surface area contributed by atoms with Crippen LogP contribution in [0.25, 0.3) is 5.57 Å². The molecule has 0 radical (unpaired) electrons. The standard InChI is InChI=1S/C20H18N2O3/c23-19-10-4-2-8-15(19)18-13-16(20(24)21-11-5-6-12-21)14-7-1-3-9-17(14)22(18)25/h1-4,7-10,13,25H,5-6,11-12H2/b18-15+. The molecular weight excluding hydrogens is 316 g/mol. The van der Waals surface area contributed by atoms with Gasteiger partial charge in [0.25, 0.3) is 5.91 Å². The van der Waals surface area contributed by atoms with Gasteiger partial charge in [0, 0.05) is 24.2 Å². The number of hydrogen-bond donors (Lipinski definition) is 1. The number of para-hydroxylation sites is 1. The number of rotatable bonds is 1. The predicted octanol–water partition coefficient (Wildman–Crippen LogP) is 2.85. The van der Waals surface area contributed by atoms with E-state index in [-0.39, 0.29) is 11.7 Å². The molecule has 2 aliphatic heterocycles. The zero-order valence-electron chi connectivity index (χ0n) is 13.7. The molecule has 1 amide bonds. The lowest BCUT2D eigenvalue weighted by atomic mass is 9.94. The average Bonchev–Trinajstić information content (AvgIpc) is 3.17. The van der Waals surface area contributed by atoms with E-state index in [1.807, 2.05) is 17.0 Å². The fourth-order valence-corrected chi connectivity index (χ4v) is 3.43. The highest BCUT2D eigenvalue weighted by atomic mass is 16.5. The van der Waals surface area contributed by atoms with Gasteiger partial charge in [0.05, 0.1) is 17.0 Å². The lowest BCUT2D eigenvalue weighted by Crippen LogP contribution is -2.32. The second-order valence-corrected chi connectivity index (χ2v) is 6.27. The van der Waals surface area contributed by atoms with Gasteiger partial charge in [-0.1, -0.05) is 30.4 Å². The number of anilines is 1. The molecule has 1 aromatic carbocycles. The first-order valence-electron chi connectivity index (χ1n) is 8.39. The van der Waals surface area contributed by atoms with E-state index in [4.69, 9.17) is 0 Å². The predicted molar refractivity (Wildman–Crippen MR) is 94.8 cm³/mol. The topological polar surface area (TPSA) is 60.9 Å². The van der Waals surface area contributed by atoms with Crippen molar-refractivity contribution in [3.8, 4) is 0 Å². The Balaban J connectivity index is 1.87. The molecule has 1 saturated heterocycles. The number of ketones is 1. The SMILES string of the molecule is O=C1C=CC=C/C1=C1/C=C(C(=O)N2CCCC2)c2ccccc2N1O. The molecule has 4 rings (SSSR count). The van der Waals surface area contributed by atoms with Crippen LogP contribution in [0.4, 0.5) is 5.69 Å². The Morgan fingerprint density at radius 2 is 1.76 bits per heavy atom. The molecule has 5 nitrogen and oxygen atoms in total. The Bertz CT molecular complexity index is 871. The van der Waals surface area contributed by atoms with E-state index in [2.05, 4.69) is 0 Å². The van der Waals surface area contributed by atoms with Crippen LogP contribution < -0.4 is 5.06 Å². The summed E-state index contributed by atoms with van der Waals surface area (Å²) in [6, 6.07) is 7.20. The minimum absolute atomic E-state index is 0.0565. The Morgan fingerprint density at radius 1 is 1.04 bits per heavy atom. The summed E-state index contributed by atoms with van der Waals surface area (Å²) in [7, 11) is 0. The molecule has 1 aromatic rings. The number of nitrogens with zero attached hydrogens (tertiary/aromatic N) is 2. The second kappa shape index (κ2) is 6.18. The number of benzene rings is 1. The molecule has 1 aliphatic carbocycles. The van der Waals surface area contributed by atoms with Gasteiger partial charge in [0.15, 0.2) is 5.78 Å². The number of hydrogen-bond acceptors (Lipinski definition) is 4. The first kappa shape index (κ1) is 15.6. The zero-order chi connectivity index (χ0) is 17.4. The molecule has 0 unspecified atom stereocenters. The molecule has 0 aromatic heterocycles. The third-order valence-corrected chi connectivity index (χ3v) is 4.72. The maximum absolute atomic E-state index is 13.0. The molecule has 5 heteroatoms. The van der Waals surface area contributed by atoms with E-state index in [1.165, 1.54) is 6.08 Å². The lowest BCUT2D eigenvalue weighted by molar-refractivity contribution is -0.124. The van der Waals surface area contributed by atoms with E-state index in [1.54, 1.807) is 36.4 Å². The van der Waals surface area contributed by atoms with Crippen LogP contribution in [0.2, 0.25) is 0 Å². The number of amides is 1. The lowest BCUT2D eigenvalue weighted by Gasteiger charge is -2.30. The minimum atomic E-state index is -0.194. The fourth-order valence-electron chi connectivity index (χ4n) is 3.43. The summed E-state index contributed by atoms with van der Waals surface area (Å²) in [6.45, 7) is 1.49. The van der Waals surface area contributed by atoms with Crippen molar-refractivity contribution in [2.24, 2.45) is 0 Å². The number of likely N-dealkylation sites (tertiary alicyclic amines) is 1. The highest BCUT2D eigenvalue weighted by molar-refractivity contribution is 6.23. The highest BCUT2D eigenvalue weighted by Crippen LogP contribution is 2.37. The van der Waals surface area contributed by atoms with Gasteiger partial charge in [-0.15, -0.1) is 0 Å². The Labute approximate surface area is 145 Å². The van der Waals surface area contributed by atoms with Crippen LogP contribution in [0.15, 0.2) is 65.9 Å². The van der Waals surface area contributed by atoms with Gasteiger partial charge in [0.2, 0.25) is 0 Å². The normalized spacial score (nSPS) is 22.3. The van der Waals surface area contributed by atoms with Crippen molar-refractivity contribution in [3.63, 3.8) is 0 Å². The van der Waals surface area contributed by atoms with Crippen molar-refractivity contribution in [2.75, 3.05) is 18.2 Å². The first-order chi connectivity index (χ1) is 12.2. The summed E-state index contributed by atoms with van der Waals surface area (Å²) < 4.78 is 0. The van der Waals surface area contributed by atoms with Crippen LogP contribution in [0.5, 0.6) is 0 Å². The maximum Gasteiger partial charge on any atom is 0.254 e. The van der Waals surface area contributed by atoms with Crippen LogP contribution in [-0.4, -0.2) is 34.9 Å². The number of carbonyl (C=O) groups excluding carboxylic acids is 2. The molecule has 0 spiro atoms. The van der Waals surface area contributed by atoms with Gasteiger partial charge < -0.3 is 4.90 Å². The van der Waals surface area contributed by atoms with E-state index < -0.39 is 0 Å². The van der Waals surface area contributed by atoms with Crippen LogP contribution in [0.3, 0.4) is 0 Å². The van der Waals surface area contributed by atoms with E-state index in [9.17, 15) is 14.8 Å². The molecule has 2 heterocycles. The highest BCUT2D eigenvalue weighted by Gasteiger charge is 2.31. The van der Waals surface area contributed by atoms with Gasteiger partial charge in [-0.3, -0.25) is 14.8 Å². The van der Waals surface area contributed by atoms with Crippen molar-refractivity contribution in [1.29, 1.82) is 0 Å². The fraction of sp³-hybridized carbons (Fsp3) is 0.200. The third-order valence-electron chi connectivity index (χ3n) is 4.72. The minimum Gasteiger partial charge on any atom is -0.339 e. The van der Waals surface area contributed by atoms with Gasteiger partial charge in [-0.05, 0) is 37.1 Å².